The fraction of sp³-hybridized carbons (Fsp3) is 0. The van der Waals surface area contributed by atoms with Crippen LogP contribution in [0.1, 0.15) is 0 Å². The molecule has 1 aromatic heterocycles. The molecule has 54 heavy (non-hydrogen) atoms. The summed E-state index contributed by atoms with van der Waals surface area (Å²) in [6.07, 6.45) is 0. The van der Waals surface area contributed by atoms with Crippen molar-refractivity contribution in [2.24, 2.45) is 0 Å². The SMILES string of the molecule is c1ccc(-c2ccc(N(c3ccc(-c4ccccc4)cc3)c3ccc(-c4ccc(-c5cc(-c6ccccc6)ccc5-c5ccccc5)cc4)s3)cc2)cc1. The first kappa shape index (κ1) is 33.1. The second-order valence-electron chi connectivity index (χ2n) is 13.4. The highest BCUT2D eigenvalue weighted by atomic mass is 32.1. The van der Waals surface area contributed by atoms with Crippen LogP contribution in [0.2, 0.25) is 0 Å². The van der Waals surface area contributed by atoms with E-state index in [1.165, 1.54) is 66.1 Å². The van der Waals surface area contributed by atoms with Crippen molar-refractivity contribution < 1.29 is 0 Å². The standard InChI is InChI=1S/C52H37NS/c1-5-13-38(14-6-1)41-25-30-47(31-26-41)53(48-32-27-42(28-33-48)39-15-7-2-8-16-39)52-36-35-51(54-52)45-23-21-44(22-24-45)50-37-46(40-17-9-3-10-18-40)29-34-49(50)43-19-11-4-12-20-43/h1-37H. The summed E-state index contributed by atoms with van der Waals surface area (Å²) in [6.45, 7) is 0. The fourth-order valence-electron chi connectivity index (χ4n) is 7.15. The summed E-state index contributed by atoms with van der Waals surface area (Å²) in [7, 11) is 0. The van der Waals surface area contributed by atoms with Crippen LogP contribution in [0.25, 0.3) is 66.1 Å². The Bertz CT molecular complexity index is 2510. The van der Waals surface area contributed by atoms with Crippen molar-refractivity contribution in [3.05, 3.63) is 224 Å². The molecular formula is C52H37NS. The quantitative estimate of drug-likeness (QED) is 0.144. The van der Waals surface area contributed by atoms with E-state index in [1.807, 2.05) is 11.3 Å². The third-order valence-corrected chi connectivity index (χ3v) is 11.1. The number of thiophene rings is 1. The maximum atomic E-state index is 2.37. The largest absolute Gasteiger partial charge is 0.302 e. The molecule has 0 saturated carbocycles. The van der Waals surface area contributed by atoms with Crippen LogP contribution in [0, 0.1) is 0 Å². The summed E-state index contributed by atoms with van der Waals surface area (Å²) in [5, 5.41) is 1.16. The van der Waals surface area contributed by atoms with Crippen LogP contribution in [0.3, 0.4) is 0 Å². The van der Waals surface area contributed by atoms with E-state index in [0.717, 1.165) is 16.4 Å². The normalized spacial score (nSPS) is 11.0. The van der Waals surface area contributed by atoms with Gasteiger partial charge in [0.1, 0.15) is 5.00 Å². The maximum absolute atomic E-state index is 2.37. The van der Waals surface area contributed by atoms with Gasteiger partial charge in [-0.2, -0.15) is 0 Å². The Morgan fingerprint density at radius 1 is 0.259 bits per heavy atom. The molecule has 9 rings (SSSR count). The third kappa shape index (κ3) is 6.91. The van der Waals surface area contributed by atoms with Gasteiger partial charge in [-0.15, -0.1) is 11.3 Å². The lowest BCUT2D eigenvalue weighted by atomic mass is 9.91. The molecule has 0 aliphatic heterocycles. The minimum Gasteiger partial charge on any atom is -0.302 e. The Hall–Kier alpha value is -6.74. The van der Waals surface area contributed by atoms with Crippen LogP contribution in [0.15, 0.2) is 224 Å². The minimum atomic E-state index is 1.12. The summed E-state index contributed by atoms with van der Waals surface area (Å²) in [6, 6.07) is 80.7. The van der Waals surface area contributed by atoms with E-state index in [2.05, 4.69) is 229 Å². The molecule has 0 aliphatic rings. The van der Waals surface area contributed by atoms with Gasteiger partial charge in [-0.1, -0.05) is 182 Å². The van der Waals surface area contributed by atoms with Gasteiger partial charge < -0.3 is 4.90 Å². The van der Waals surface area contributed by atoms with Crippen LogP contribution in [-0.2, 0) is 0 Å². The van der Waals surface area contributed by atoms with Crippen LogP contribution < -0.4 is 4.90 Å². The van der Waals surface area contributed by atoms with E-state index in [0.29, 0.717) is 0 Å². The van der Waals surface area contributed by atoms with Crippen molar-refractivity contribution in [2.45, 2.75) is 0 Å². The highest BCUT2D eigenvalue weighted by Crippen LogP contribution is 2.43. The predicted octanol–water partition coefficient (Wildman–Crippen LogP) is 15.2. The van der Waals surface area contributed by atoms with Gasteiger partial charge in [0.05, 0.1) is 0 Å². The number of nitrogens with zero attached hydrogens (tertiary/aromatic N) is 1. The van der Waals surface area contributed by atoms with Gasteiger partial charge in [0.15, 0.2) is 0 Å². The van der Waals surface area contributed by atoms with Crippen molar-refractivity contribution in [1.29, 1.82) is 0 Å². The Kier molecular flexibility index (Phi) is 9.25. The highest BCUT2D eigenvalue weighted by Gasteiger charge is 2.17. The molecule has 2 heteroatoms. The lowest BCUT2D eigenvalue weighted by Crippen LogP contribution is -2.08. The molecule has 0 bridgehead atoms. The van der Waals surface area contributed by atoms with E-state index in [-0.39, 0.29) is 0 Å². The van der Waals surface area contributed by atoms with E-state index in [1.54, 1.807) is 0 Å². The molecule has 1 heterocycles. The van der Waals surface area contributed by atoms with Gasteiger partial charge in [0.25, 0.3) is 0 Å². The molecule has 9 aromatic rings. The van der Waals surface area contributed by atoms with E-state index < -0.39 is 0 Å². The Balaban J connectivity index is 1.06. The van der Waals surface area contributed by atoms with Crippen molar-refractivity contribution in [3.63, 3.8) is 0 Å². The summed E-state index contributed by atoms with van der Waals surface area (Å²) >= 11 is 1.81. The zero-order valence-electron chi connectivity index (χ0n) is 29.7. The molecule has 0 spiro atoms. The molecule has 1 nitrogen and oxygen atoms in total. The van der Waals surface area contributed by atoms with Crippen molar-refractivity contribution in [1.82, 2.24) is 0 Å². The summed E-state index contributed by atoms with van der Waals surface area (Å²) < 4.78 is 0. The molecule has 0 atom stereocenters. The maximum Gasteiger partial charge on any atom is 0.101 e. The lowest BCUT2D eigenvalue weighted by molar-refractivity contribution is 1.32. The topological polar surface area (TPSA) is 3.24 Å². The monoisotopic (exact) mass is 707 g/mol. The van der Waals surface area contributed by atoms with Gasteiger partial charge in [-0.25, -0.2) is 0 Å². The van der Waals surface area contributed by atoms with Crippen LogP contribution in [-0.4, -0.2) is 0 Å². The minimum absolute atomic E-state index is 1.12. The van der Waals surface area contributed by atoms with Gasteiger partial charge in [-0.05, 0) is 104 Å². The first-order chi connectivity index (χ1) is 26.8. The van der Waals surface area contributed by atoms with Gasteiger partial charge in [0.2, 0.25) is 0 Å². The van der Waals surface area contributed by atoms with Crippen molar-refractivity contribution in [3.8, 4) is 66.1 Å². The summed E-state index contributed by atoms with van der Waals surface area (Å²) in [5.41, 5.74) is 15.6. The van der Waals surface area contributed by atoms with Crippen LogP contribution >= 0.6 is 11.3 Å². The van der Waals surface area contributed by atoms with E-state index >= 15 is 0 Å². The zero-order valence-corrected chi connectivity index (χ0v) is 30.5. The average Bonchev–Trinajstić information content (AvgIpc) is 3.75. The molecule has 0 fully saturated rings. The number of anilines is 3. The fourth-order valence-corrected chi connectivity index (χ4v) is 8.20. The number of hydrogen-bond donors (Lipinski definition) is 0. The molecule has 0 radical (unpaired) electrons. The number of hydrogen-bond acceptors (Lipinski definition) is 2. The molecule has 8 aromatic carbocycles. The van der Waals surface area contributed by atoms with Crippen molar-refractivity contribution in [2.75, 3.05) is 4.90 Å². The van der Waals surface area contributed by atoms with Gasteiger partial charge >= 0.3 is 0 Å². The number of rotatable bonds is 9. The van der Waals surface area contributed by atoms with E-state index in [9.17, 15) is 0 Å². The molecule has 0 aliphatic carbocycles. The molecule has 0 saturated heterocycles. The summed E-state index contributed by atoms with van der Waals surface area (Å²) in [5.74, 6) is 0. The Labute approximate surface area is 321 Å². The lowest BCUT2D eigenvalue weighted by Gasteiger charge is -2.24. The van der Waals surface area contributed by atoms with E-state index in [4.69, 9.17) is 0 Å². The molecule has 256 valence electrons. The van der Waals surface area contributed by atoms with Crippen LogP contribution in [0.5, 0.6) is 0 Å². The Morgan fingerprint density at radius 2 is 0.630 bits per heavy atom. The first-order valence-corrected chi connectivity index (χ1v) is 19.2. The Morgan fingerprint density at radius 3 is 1.13 bits per heavy atom. The molecule has 0 N–H and O–H groups in total. The predicted molar refractivity (Wildman–Crippen MR) is 232 cm³/mol. The molecule has 0 amide bonds. The second kappa shape index (κ2) is 15.1. The molecule has 0 unspecified atom stereocenters. The van der Waals surface area contributed by atoms with Crippen molar-refractivity contribution >= 4 is 27.7 Å². The molecular weight excluding hydrogens is 671 g/mol. The first-order valence-electron chi connectivity index (χ1n) is 18.3. The number of benzene rings is 8. The summed E-state index contributed by atoms with van der Waals surface area (Å²) in [4.78, 5) is 3.59. The van der Waals surface area contributed by atoms with Crippen LogP contribution in [0.4, 0.5) is 16.4 Å². The second-order valence-corrected chi connectivity index (χ2v) is 14.4. The highest BCUT2D eigenvalue weighted by molar-refractivity contribution is 7.19. The zero-order chi connectivity index (χ0) is 36.1. The third-order valence-electron chi connectivity index (χ3n) is 9.97. The van der Waals surface area contributed by atoms with Gasteiger partial charge in [-0.3, -0.25) is 0 Å². The smallest absolute Gasteiger partial charge is 0.101 e. The van der Waals surface area contributed by atoms with Gasteiger partial charge in [0, 0.05) is 16.3 Å². The average molecular weight is 708 g/mol.